The maximum absolute atomic E-state index is 13.7. The van der Waals surface area contributed by atoms with Gasteiger partial charge in [0.05, 0.1) is 18.5 Å². The number of aromatic nitrogens is 5. The normalized spacial score (nSPS) is 17.1. The van der Waals surface area contributed by atoms with Crippen molar-refractivity contribution in [2.45, 2.75) is 44.7 Å². The van der Waals surface area contributed by atoms with Crippen LogP contribution in [0.5, 0.6) is 0 Å². The first-order valence-corrected chi connectivity index (χ1v) is 11.8. The predicted molar refractivity (Wildman–Crippen MR) is 122 cm³/mol. The van der Waals surface area contributed by atoms with Crippen molar-refractivity contribution in [2.24, 2.45) is 17.8 Å². The van der Waals surface area contributed by atoms with Gasteiger partial charge in [-0.2, -0.15) is 5.10 Å². The first-order valence-electron chi connectivity index (χ1n) is 11.8. The van der Waals surface area contributed by atoms with E-state index in [4.69, 9.17) is 0 Å². The molecule has 3 aromatic heterocycles. The molecule has 0 aromatic carbocycles. The Labute approximate surface area is 204 Å². The summed E-state index contributed by atoms with van der Waals surface area (Å²) in [5.74, 6) is -0.921. The maximum atomic E-state index is 13.7. The van der Waals surface area contributed by atoms with Gasteiger partial charge >= 0.3 is 0 Å². The standard InChI is InChI=1S/C23H26FN7O5/c1-11-19(30-36-29-11)22(34)28-20(18(12-2-3-12)13-4-5-13)23(35)27-15-8-26-31(9-15)17(10-32)16-6-14(24)7-25-21(16)33/h6-9,12-13,17-18,20,32H,2-5,10H2,1H3,(H,25,33)(H,27,35)(H,28,34)/t17?,20-/m0/s1. The van der Waals surface area contributed by atoms with Crippen LogP contribution in [0.3, 0.4) is 0 Å². The highest BCUT2D eigenvalue weighted by Crippen LogP contribution is 2.50. The Bertz CT molecular complexity index is 1310. The fourth-order valence-corrected chi connectivity index (χ4v) is 4.71. The second kappa shape index (κ2) is 9.64. The lowest BCUT2D eigenvalue weighted by molar-refractivity contribution is -0.119. The summed E-state index contributed by atoms with van der Waals surface area (Å²) in [6, 6.07) is -0.738. The molecule has 0 saturated heterocycles. The van der Waals surface area contributed by atoms with Crippen LogP contribution in [-0.4, -0.2) is 54.6 Å². The largest absolute Gasteiger partial charge is 0.394 e. The Balaban J connectivity index is 1.36. The van der Waals surface area contributed by atoms with Crippen LogP contribution in [0, 0.1) is 30.5 Å². The number of amides is 2. The van der Waals surface area contributed by atoms with Crippen LogP contribution in [-0.2, 0) is 4.79 Å². The van der Waals surface area contributed by atoms with E-state index >= 15 is 0 Å². The Kier molecular flexibility index (Phi) is 6.39. The molecule has 2 fully saturated rings. The minimum Gasteiger partial charge on any atom is -0.394 e. The Morgan fingerprint density at radius 1 is 1.28 bits per heavy atom. The first kappa shape index (κ1) is 23.9. The molecule has 3 heterocycles. The second-order valence-corrected chi connectivity index (χ2v) is 9.40. The third kappa shape index (κ3) is 4.91. The van der Waals surface area contributed by atoms with E-state index in [-0.39, 0.29) is 17.2 Å². The van der Waals surface area contributed by atoms with E-state index in [9.17, 15) is 23.9 Å². The number of aliphatic hydroxyl groups excluding tert-OH is 1. The van der Waals surface area contributed by atoms with E-state index < -0.39 is 41.9 Å². The van der Waals surface area contributed by atoms with Crippen molar-refractivity contribution in [3.8, 4) is 0 Å². The summed E-state index contributed by atoms with van der Waals surface area (Å²) in [7, 11) is 0. The molecule has 1 unspecified atom stereocenters. The number of aromatic amines is 1. The maximum Gasteiger partial charge on any atom is 0.276 e. The van der Waals surface area contributed by atoms with Crippen molar-refractivity contribution >= 4 is 17.5 Å². The average Bonchev–Trinajstić information content (AvgIpc) is 3.78. The zero-order valence-electron chi connectivity index (χ0n) is 19.5. The number of H-pyrrole nitrogens is 1. The molecule has 190 valence electrons. The molecule has 2 amide bonds. The lowest BCUT2D eigenvalue weighted by atomic mass is 9.88. The molecule has 0 bridgehead atoms. The van der Waals surface area contributed by atoms with Gasteiger partial charge in [-0.15, -0.1) is 0 Å². The highest BCUT2D eigenvalue weighted by atomic mass is 19.1. The summed E-state index contributed by atoms with van der Waals surface area (Å²) in [6.07, 6.45) is 7.75. The lowest BCUT2D eigenvalue weighted by Crippen LogP contribution is -2.50. The molecule has 4 N–H and O–H groups in total. The van der Waals surface area contributed by atoms with Gasteiger partial charge in [0.2, 0.25) is 5.91 Å². The van der Waals surface area contributed by atoms with Gasteiger partial charge in [0.1, 0.15) is 23.6 Å². The molecular weight excluding hydrogens is 473 g/mol. The minimum atomic E-state index is -0.959. The smallest absolute Gasteiger partial charge is 0.276 e. The Morgan fingerprint density at radius 3 is 2.61 bits per heavy atom. The van der Waals surface area contributed by atoms with Crippen LogP contribution >= 0.6 is 0 Å². The van der Waals surface area contributed by atoms with Gasteiger partial charge in [0.25, 0.3) is 11.5 Å². The number of pyridine rings is 1. The number of nitrogens with zero attached hydrogens (tertiary/aromatic N) is 4. The van der Waals surface area contributed by atoms with E-state index in [1.165, 1.54) is 17.1 Å². The Hall–Kier alpha value is -3.87. The predicted octanol–water partition coefficient (Wildman–Crippen LogP) is 1.16. The van der Waals surface area contributed by atoms with Crippen molar-refractivity contribution in [2.75, 3.05) is 11.9 Å². The molecule has 36 heavy (non-hydrogen) atoms. The van der Waals surface area contributed by atoms with E-state index in [0.717, 1.165) is 37.9 Å². The van der Waals surface area contributed by atoms with E-state index in [0.29, 0.717) is 23.2 Å². The van der Waals surface area contributed by atoms with Crippen LogP contribution in [0.4, 0.5) is 10.1 Å². The molecule has 2 aliphatic carbocycles. The molecule has 13 heteroatoms. The summed E-state index contributed by atoms with van der Waals surface area (Å²) < 4.78 is 19.6. The van der Waals surface area contributed by atoms with Crippen molar-refractivity contribution in [3.05, 3.63) is 57.8 Å². The fraction of sp³-hybridized carbons (Fsp3) is 0.478. The number of carbonyl (C=O) groups excluding carboxylic acids is 2. The van der Waals surface area contributed by atoms with Crippen LogP contribution in [0.2, 0.25) is 0 Å². The highest BCUT2D eigenvalue weighted by molar-refractivity contribution is 6.00. The molecule has 0 spiro atoms. The molecule has 5 rings (SSSR count). The molecular formula is C23H26FN7O5. The summed E-state index contributed by atoms with van der Waals surface area (Å²) in [5.41, 5.74) is 0.0772. The molecule has 12 nitrogen and oxygen atoms in total. The quantitative estimate of drug-likeness (QED) is 0.322. The van der Waals surface area contributed by atoms with E-state index in [1.807, 2.05) is 0 Å². The number of hydrogen-bond donors (Lipinski definition) is 4. The van der Waals surface area contributed by atoms with Crippen LogP contribution in [0.1, 0.15) is 53.5 Å². The zero-order chi connectivity index (χ0) is 25.4. The Morgan fingerprint density at radius 2 is 2.00 bits per heavy atom. The molecule has 0 aliphatic heterocycles. The number of nitrogens with one attached hydrogen (secondary N) is 3. The number of anilines is 1. The third-order valence-corrected chi connectivity index (χ3v) is 6.77. The fourth-order valence-electron chi connectivity index (χ4n) is 4.71. The van der Waals surface area contributed by atoms with E-state index in [2.05, 4.69) is 35.7 Å². The topological polar surface area (TPSA) is 168 Å². The van der Waals surface area contributed by atoms with Gasteiger partial charge in [-0.3, -0.25) is 19.1 Å². The van der Waals surface area contributed by atoms with Gasteiger partial charge in [-0.25, -0.2) is 9.02 Å². The van der Waals surface area contributed by atoms with Gasteiger partial charge < -0.3 is 20.7 Å². The van der Waals surface area contributed by atoms with Gasteiger partial charge in [0, 0.05) is 18.0 Å². The number of rotatable bonds is 10. The third-order valence-electron chi connectivity index (χ3n) is 6.77. The number of aliphatic hydroxyl groups is 1. The zero-order valence-corrected chi connectivity index (χ0v) is 19.5. The first-order chi connectivity index (χ1) is 17.4. The van der Waals surface area contributed by atoms with Gasteiger partial charge in [-0.05, 0) is 61.6 Å². The number of halogens is 1. The molecule has 3 aromatic rings. The van der Waals surface area contributed by atoms with Gasteiger partial charge in [0.15, 0.2) is 5.69 Å². The molecule has 2 atom stereocenters. The van der Waals surface area contributed by atoms with Crippen molar-refractivity contribution < 1.29 is 23.7 Å². The second-order valence-electron chi connectivity index (χ2n) is 9.40. The van der Waals surface area contributed by atoms with Gasteiger partial charge in [-0.1, -0.05) is 5.16 Å². The van der Waals surface area contributed by atoms with Crippen molar-refractivity contribution in [3.63, 3.8) is 0 Å². The highest BCUT2D eigenvalue weighted by Gasteiger charge is 2.48. The van der Waals surface area contributed by atoms with Crippen molar-refractivity contribution in [1.82, 2.24) is 30.4 Å². The summed E-state index contributed by atoms with van der Waals surface area (Å²) in [6.45, 7) is 1.08. The van der Waals surface area contributed by atoms with Crippen molar-refractivity contribution in [1.29, 1.82) is 0 Å². The molecule has 2 aliphatic rings. The van der Waals surface area contributed by atoms with Crippen LogP contribution in [0.25, 0.3) is 0 Å². The molecule has 2 saturated carbocycles. The average molecular weight is 500 g/mol. The molecule has 0 radical (unpaired) electrons. The minimum absolute atomic E-state index is 0.0114. The number of aryl methyl sites for hydroxylation is 1. The SMILES string of the molecule is Cc1nonc1C(=O)N[C@H](C(=O)Nc1cnn(C(CO)c2cc(F)c[nH]c2=O)c1)C(C1CC1)C1CC1. The summed E-state index contributed by atoms with van der Waals surface area (Å²) in [4.78, 5) is 40.8. The number of carbonyl (C=O) groups is 2. The van der Waals surface area contributed by atoms with E-state index in [1.54, 1.807) is 6.92 Å². The monoisotopic (exact) mass is 499 g/mol. The number of hydrogen-bond acceptors (Lipinski definition) is 8. The summed E-state index contributed by atoms with van der Waals surface area (Å²) >= 11 is 0. The van der Waals surface area contributed by atoms with Crippen LogP contribution < -0.4 is 16.2 Å². The van der Waals surface area contributed by atoms with Crippen LogP contribution in [0.15, 0.2) is 34.1 Å². The summed E-state index contributed by atoms with van der Waals surface area (Å²) in [5, 5.41) is 26.9. The lowest BCUT2D eigenvalue weighted by Gasteiger charge is -2.27.